The van der Waals surface area contributed by atoms with Crippen molar-refractivity contribution in [2.75, 3.05) is 6.61 Å². The fourth-order valence-electron chi connectivity index (χ4n) is 2.05. The van der Waals surface area contributed by atoms with E-state index in [1.165, 1.54) is 0 Å². The molecule has 2 nitrogen and oxygen atoms in total. The molecule has 1 N–H and O–H groups in total. The zero-order valence-electron chi connectivity index (χ0n) is 11.1. The van der Waals surface area contributed by atoms with Gasteiger partial charge in [0, 0.05) is 10.0 Å². The number of benzene rings is 2. The molecule has 1 atom stereocenters. The first-order chi connectivity index (χ1) is 9.05. The van der Waals surface area contributed by atoms with E-state index in [1.807, 2.05) is 55.5 Å². The molecule has 0 aliphatic carbocycles. The first-order valence-corrected chi connectivity index (χ1v) is 7.05. The van der Waals surface area contributed by atoms with Crippen LogP contribution in [0.1, 0.15) is 25.0 Å². The van der Waals surface area contributed by atoms with Crippen LogP contribution in [-0.2, 0) is 5.60 Å². The van der Waals surface area contributed by atoms with Gasteiger partial charge >= 0.3 is 0 Å². The van der Waals surface area contributed by atoms with E-state index in [4.69, 9.17) is 4.74 Å². The molecule has 0 saturated carbocycles. The first-order valence-electron chi connectivity index (χ1n) is 6.26. The minimum atomic E-state index is -1.04. The fraction of sp³-hybridized carbons (Fsp3) is 0.250. The predicted octanol–water partition coefficient (Wildman–Crippen LogP) is 4.10. The van der Waals surface area contributed by atoms with Crippen molar-refractivity contribution in [3.05, 3.63) is 64.1 Å². The van der Waals surface area contributed by atoms with Gasteiger partial charge in [-0.25, -0.2) is 0 Å². The van der Waals surface area contributed by atoms with Crippen LogP contribution in [0.4, 0.5) is 0 Å². The van der Waals surface area contributed by atoms with Gasteiger partial charge in [0.05, 0.1) is 6.61 Å². The monoisotopic (exact) mass is 320 g/mol. The van der Waals surface area contributed by atoms with Gasteiger partial charge in [-0.2, -0.15) is 0 Å². The Kier molecular flexibility index (Phi) is 4.27. The molecule has 0 aliphatic heterocycles. The molecule has 100 valence electrons. The zero-order valence-corrected chi connectivity index (χ0v) is 12.6. The SMILES string of the molecule is CCOc1ccc(C(C)(O)c2ccccc2Br)cc1. The molecule has 19 heavy (non-hydrogen) atoms. The topological polar surface area (TPSA) is 29.5 Å². The molecule has 3 heteroatoms. The van der Waals surface area contributed by atoms with Gasteiger partial charge in [0.2, 0.25) is 0 Å². The summed E-state index contributed by atoms with van der Waals surface area (Å²) in [6, 6.07) is 15.2. The van der Waals surface area contributed by atoms with E-state index in [1.54, 1.807) is 6.92 Å². The van der Waals surface area contributed by atoms with Crippen molar-refractivity contribution in [1.82, 2.24) is 0 Å². The number of ether oxygens (including phenoxy) is 1. The molecule has 0 fully saturated rings. The summed E-state index contributed by atoms with van der Waals surface area (Å²) in [7, 11) is 0. The van der Waals surface area contributed by atoms with Crippen molar-refractivity contribution in [2.24, 2.45) is 0 Å². The van der Waals surface area contributed by atoms with Gasteiger partial charge in [0.25, 0.3) is 0 Å². The summed E-state index contributed by atoms with van der Waals surface area (Å²) in [5.74, 6) is 0.814. The highest BCUT2D eigenvalue weighted by Gasteiger charge is 2.27. The van der Waals surface area contributed by atoms with Crippen molar-refractivity contribution >= 4 is 15.9 Å². The second-order valence-electron chi connectivity index (χ2n) is 4.51. The molecule has 0 amide bonds. The Balaban J connectivity index is 2.36. The molecule has 0 aromatic heterocycles. The number of aliphatic hydroxyl groups is 1. The molecule has 0 aliphatic rings. The molecule has 1 unspecified atom stereocenters. The quantitative estimate of drug-likeness (QED) is 0.918. The largest absolute Gasteiger partial charge is 0.494 e. The van der Waals surface area contributed by atoms with E-state index in [2.05, 4.69) is 15.9 Å². The molecular weight excluding hydrogens is 304 g/mol. The minimum Gasteiger partial charge on any atom is -0.494 e. The highest BCUT2D eigenvalue weighted by molar-refractivity contribution is 9.10. The van der Waals surface area contributed by atoms with Crippen LogP contribution in [-0.4, -0.2) is 11.7 Å². The Bertz CT molecular complexity index is 547. The Morgan fingerprint density at radius 1 is 1.11 bits per heavy atom. The van der Waals surface area contributed by atoms with Crippen LogP contribution in [0.15, 0.2) is 53.0 Å². The third kappa shape index (κ3) is 2.99. The van der Waals surface area contributed by atoms with Gasteiger partial charge in [-0.15, -0.1) is 0 Å². The van der Waals surface area contributed by atoms with E-state index >= 15 is 0 Å². The second kappa shape index (κ2) is 5.76. The van der Waals surface area contributed by atoms with Crippen LogP contribution in [0, 0.1) is 0 Å². The lowest BCUT2D eigenvalue weighted by Crippen LogP contribution is -2.23. The number of hydrogen-bond donors (Lipinski definition) is 1. The average molecular weight is 321 g/mol. The Morgan fingerprint density at radius 2 is 1.74 bits per heavy atom. The molecule has 2 rings (SSSR count). The lowest BCUT2D eigenvalue weighted by molar-refractivity contribution is 0.101. The number of hydrogen-bond acceptors (Lipinski definition) is 2. The van der Waals surface area contributed by atoms with E-state index in [0.29, 0.717) is 6.61 Å². The Hall–Kier alpha value is -1.32. The molecule has 0 spiro atoms. The van der Waals surface area contributed by atoms with E-state index in [0.717, 1.165) is 21.3 Å². The van der Waals surface area contributed by atoms with Gasteiger partial charge in [0.1, 0.15) is 11.4 Å². The van der Waals surface area contributed by atoms with E-state index in [9.17, 15) is 5.11 Å². The van der Waals surface area contributed by atoms with Gasteiger partial charge in [0.15, 0.2) is 0 Å². The highest BCUT2D eigenvalue weighted by atomic mass is 79.9. The lowest BCUT2D eigenvalue weighted by Gasteiger charge is -2.26. The maximum absolute atomic E-state index is 10.8. The van der Waals surface area contributed by atoms with E-state index in [-0.39, 0.29) is 0 Å². The van der Waals surface area contributed by atoms with Crippen molar-refractivity contribution in [1.29, 1.82) is 0 Å². The average Bonchev–Trinajstić information content (AvgIpc) is 2.40. The summed E-state index contributed by atoms with van der Waals surface area (Å²) in [6.45, 7) is 4.38. The van der Waals surface area contributed by atoms with Crippen LogP contribution in [0.5, 0.6) is 5.75 Å². The maximum Gasteiger partial charge on any atom is 0.119 e. The zero-order chi connectivity index (χ0) is 13.9. The van der Waals surface area contributed by atoms with Crippen LogP contribution >= 0.6 is 15.9 Å². The normalized spacial score (nSPS) is 13.9. The molecule has 0 heterocycles. The summed E-state index contributed by atoms with van der Waals surface area (Å²) < 4.78 is 6.31. The predicted molar refractivity (Wildman–Crippen MR) is 80.4 cm³/mol. The summed E-state index contributed by atoms with van der Waals surface area (Å²) in [5, 5.41) is 10.8. The summed E-state index contributed by atoms with van der Waals surface area (Å²) in [4.78, 5) is 0. The van der Waals surface area contributed by atoms with Crippen LogP contribution < -0.4 is 4.74 Å². The molecule has 0 saturated heterocycles. The van der Waals surface area contributed by atoms with Crippen molar-refractivity contribution in [3.8, 4) is 5.75 Å². The fourth-order valence-corrected chi connectivity index (χ4v) is 2.72. The van der Waals surface area contributed by atoms with Gasteiger partial charge in [-0.1, -0.05) is 46.3 Å². The molecule has 0 bridgehead atoms. The minimum absolute atomic E-state index is 0.639. The van der Waals surface area contributed by atoms with Crippen LogP contribution in [0.3, 0.4) is 0 Å². The van der Waals surface area contributed by atoms with Gasteiger partial charge in [-0.3, -0.25) is 0 Å². The highest BCUT2D eigenvalue weighted by Crippen LogP contribution is 2.34. The van der Waals surface area contributed by atoms with Gasteiger partial charge < -0.3 is 9.84 Å². The van der Waals surface area contributed by atoms with Gasteiger partial charge in [-0.05, 0) is 37.6 Å². The van der Waals surface area contributed by atoms with Crippen LogP contribution in [0.2, 0.25) is 0 Å². The standard InChI is InChI=1S/C16H17BrO2/c1-3-19-13-10-8-12(9-11-13)16(2,18)14-6-4-5-7-15(14)17/h4-11,18H,3H2,1-2H3. The lowest BCUT2D eigenvalue weighted by atomic mass is 9.88. The second-order valence-corrected chi connectivity index (χ2v) is 5.36. The number of rotatable bonds is 4. The van der Waals surface area contributed by atoms with Crippen molar-refractivity contribution in [2.45, 2.75) is 19.4 Å². The van der Waals surface area contributed by atoms with Crippen molar-refractivity contribution in [3.63, 3.8) is 0 Å². The Labute approximate surface area is 122 Å². The van der Waals surface area contributed by atoms with Crippen molar-refractivity contribution < 1.29 is 9.84 Å². The summed E-state index contributed by atoms with van der Waals surface area (Å²) in [6.07, 6.45) is 0. The third-order valence-corrected chi connectivity index (χ3v) is 3.82. The molecule has 2 aromatic carbocycles. The summed E-state index contributed by atoms with van der Waals surface area (Å²) >= 11 is 3.48. The third-order valence-electron chi connectivity index (χ3n) is 3.13. The first kappa shape index (κ1) is 14.1. The smallest absolute Gasteiger partial charge is 0.119 e. The molecule has 0 radical (unpaired) electrons. The van der Waals surface area contributed by atoms with Crippen LogP contribution in [0.25, 0.3) is 0 Å². The Morgan fingerprint density at radius 3 is 2.32 bits per heavy atom. The molecule has 2 aromatic rings. The maximum atomic E-state index is 10.8. The number of halogens is 1. The molecular formula is C16H17BrO2. The van der Waals surface area contributed by atoms with E-state index < -0.39 is 5.60 Å². The summed E-state index contributed by atoms with van der Waals surface area (Å²) in [5.41, 5.74) is 0.646.